The third-order valence-corrected chi connectivity index (χ3v) is 4.35. The van der Waals surface area contributed by atoms with Crippen molar-refractivity contribution < 1.29 is 14.3 Å². The van der Waals surface area contributed by atoms with Gasteiger partial charge < -0.3 is 15.0 Å². The maximum Gasteiger partial charge on any atom is 0.224 e. The van der Waals surface area contributed by atoms with Crippen LogP contribution in [0.25, 0.3) is 0 Å². The van der Waals surface area contributed by atoms with Crippen LogP contribution in [-0.4, -0.2) is 36.9 Å². The Labute approximate surface area is 155 Å². The molecule has 0 fully saturated rings. The Morgan fingerprint density at radius 1 is 1.08 bits per heavy atom. The summed E-state index contributed by atoms with van der Waals surface area (Å²) in [5.74, 6) is 0.693. The molecular weight excluding hydrogens is 328 g/mol. The van der Waals surface area contributed by atoms with Gasteiger partial charge in [0.1, 0.15) is 5.75 Å². The number of carbonyl (C=O) groups excluding carboxylic acids is 2. The molecule has 2 amide bonds. The highest BCUT2D eigenvalue weighted by Gasteiger charge is 2.18. The number of nitrogens with one attached hydrogen (secondary N) is 1. The zero-order valence-electron chi connectivity index (χ0n) is 15.6. The fourth-order valence-electron chi connectivity index (χ4n) is 2.84. The van der Waals surface area contributed by atoms with Gasteiger partial charge in [0.25, 0.3) is 0 Å². The highest BCUT2D eigenvalue weighted by atomic mass is 16.5. The molecule has 0 aliphatic heterocycles. The summed E-state index contributed by atoms with van der Waals surface area (Å²) >= 11 is 0. The van der Waals surface area contributed by atoms with Crippen LogP contribution in [0.5, 0.6) is 5.75 Å². The molecule has 0 spiro atoms. The standard InChI is InChI=1S/C21H26N2O3/c1-16(19-7-5-4-6-8-19)23(17(2)24)14-13-22-21(25)15-18-9-11-20(26-3)12-10-18/h4-12,16H,13-15H2,1-3H3,(H,22,25). The number of rotatable bonds is 8. The average Bonchev–Trinajstić information content (AvgIpc) is 2.66. The van der Waals surface area contributed by atoms with Crippen LogP contribution in [0.3, 0.4) is 0 Å². The highest BCUT2D eigenvalue weighted by Crippen LogP contribution is 2.19. The van der Waals surface area contributed by atoms with E-state index in [-0.39, 0.29) is 17.9 Å². The van der Waals surface area contributed by atoms with E-state index in [9.17, 15) is 9.59 Å². The first-order valence-corrected chi connectivity index (χ1v) is 8.73. The van der Waals surface area contributed by atoms with Crippen LogP contribution in [0, 0.1) is 0 Å². The van der Waals surface area contributed by atoms with Crippen LogP contribution in [0.15, 0.2) is 54.6 Å². The van der Waals surface area contributed by atoms with Gasteiger partial charge >= 0.3 is 0 Å². The first kappa shape index (κ1) is 19.5. The number of methoxy groups -OCH3 is 1. The Kier molecular flexibility index (Phi) is 7.21. The molecule has 0 aromatic heterocycles. The number of hydrogen-bond acceptors (Lipinski definition) is 3. The minimum absolute atomic E-state index is 0.00856. The molecule has 1 unspecified atom stereocenters. The van der Waals surface area contributed by atoms with Gasteiger partial charge in [-0.25, -0.2) is 0 Å². The minimum Gasteiger partial charge on any atom is -0.497 e. The quantitative estimate of drug-likeness (QED) is 0.793. The van der Waals surface area contributed by atoms with E-state index in [0.29, 0.717) is 19.5 Å². The molecule has 1 atom stereocenters. The lowest BCUT2D eigenvalue weighted by Gasteiger charge is -2.28. The smallest absolute Gasteiger partial charge is 0.224 e. The molecule has 26 heavy (non-hydrogen) atoms. The summed E-state index contributed by atoms with van der Waals surface area (Å²) in [4.78, 5) is 25.9. The predicted molar refractivity (Wildman–Crippen MR) is 102 cm³/mol. The summed E-state index contributed by atoms with van der Waals surface area (Å²) < 4.78 is 5.11. The van der Waals surface area contributed by atoms with Crippen LogP contribution in [0.2, 0.25) is 0 Å². The fraction of sp³-hybridized carbons (Fsp3) is 0.333. The summed E-state index contributed by atoms with van der Waals surface area (Å²) in [6.07, 6.45) is 0.304. The van der Waals surface area contributed by atoms with Crippen LogP contribution in [-0.2, 0) is 16.0 Å². The van der Waals surface area contributed by atoms with E-state index < -0.39 is 0 Å². The van der Waals surface area contributed by atoms with Gasteiger partial charge in [0.05, 0.1) is 19.6 Å². The van der Waals surface area contributed by atoms with Crippen LogP contribution >= 0.6 is 0 Å². The molecule has 1 N–H and O–H groups in total. The maximum absolute atomic E-state index is 12.1. The monoisotopic (exact) mass is 354 g/mol. The third-order valence-electron chi connectivity index (χ3n) is 4.35. The van der Waals surface area contributed by atoms with Crippen molar-refractivity contribution in [3.63, 3.8) is 0 Å². The summed E-state index contributed by atoms with van der Waals surface area (Å²) in [7, 11) is 1.61. The van der Waals surface area contributed by atoms with E-state index >= 15 is 0 Å². The molecule has 0 aliphatic carbocycles. The van der Waals surface area contributed by atoms with Gasteiger partial charge in [-0.3, -0.25) is 9.59 Å². The Morgan fingerprint density at radius 2 is 1.73 bits per heavy atom. The molecule has 2 aromatic carbocycles. The molecular formula is C21H26N2O3. The number of carbonyl (C=O) groups is 2. The van der Waals surface area contributed by atoms with E-state index in [1.54, 1.807) is 18.9 Å². The fourth-order valence-corrected chi connectivity index (χ4v) is 2.84. The summed E-state index contributed by atoms with van der Waals surface area (Å²) in [6, 6.07) is 17.3. The van der Waals surface area contributed by atoms with Gasteiger partial charge in [0, 0.05) is 20.0 Å². The number of hydrogen-bond donors (Lipinski definition) is 1. The Bertz CT molecular complexity index is 714. The third kappa shape index (κ3) is 5.62. The van der Waals surface area contributed by atoms with E-state index in [4.69, 9.17) is 4.74 Å². The minimum atomic E-state index is -0.0639. The summed E-state index contributed by atoms with van der Waals surface area (Å²) in [5.41, 5.74) is 2.00. The van der Waals surface area contributed by atoms with E-state index in [2.05, 4.69) is 5.32 Å². The lowest BCUT2D eigenvalue weighted by Crippen LogP contribution is -2.39. The second-order valence-corrected chi connectivity index (χ2v) is 6.17. The maximum atomic E-state index is 12.1. The highest BCUT2D eigenvalue weighted by molar-refractivity contribution is 5.78. The number of amides is 2. The van der Waals surface area contributed by atoms with Crippen LogP contribution in [0.4, 0.5) is 0 Å². The molecule has 0 heterocycles. The van der Waals surface area contributed by atoms with Gasteiger partial charge in [-0.2, -0.15) is 0 Å². The zero-order valence-corrected chi connectivity index (χ0v) is 15.6. The van der Waals surface area contributed by atoms with Gasteiger partial charge in [0.15, 0.2) is 0 Å². The van der Waals surface area contributed by atoms with E-state index in [0.717, 1.165) is 16.9 Å². The molecule has 0 aliphatic rings. The van der Waals surface area contributed by atoms with Gasteiger partial charge in [-0.15, -0.1) is 0 Å². The predicted octanol–water partition coefficient (Wildman–Crippen LogP) is 2.96. The summed E-state index contributed by atoms with van der Waals surface area (Å²) in [6.45, 7) is 4.44. The second kappa shape index (κ2) is 9.61. The number of ether oxygens (including phenoxy) is 1. The van der Waals surface area contributed by atoms with Crippen molar-refractivity contribution in [3.05, 3.63) is 65.7 Å². The zero-order chi connectivity index (χ0) is 18.9. The molecule has 5 heteroatoms. The van der Waals surface area contributed by atoms with Gasteiger partial charge in [-0.1, -0.05) is 42.5 Å². The Morgan fingerprint density at radius 3 is 2.31 bits per heavy atom. The van der Waals surface area contributed by atoms with Gasteiger partial charge in [0.2, 0.25) is 11.8 Å². The first-order chi connectivity index (χ1) is 12.5. The SMILES string of the molecule is COc1ccc(CC(=O)NCCN(C(C)=O)C(C)c2ccccc2)cc1. The first-order valence-electron chi connectivity index (χ1n) is 8.73. The number of nitrogens with zero attached hydrogens (tertiary/aromatic N) is 1. The second-order valence-electron chi connectivity index (χ2n) is 6.17. The van der Waals surface area contributed by atoms with Gasteiger partial charge in [-0.05, 0) is 30.2 Å². The Hall–Kier alpha value is -2.82. The lowest BCUT2D eigenvalue weighted by atomic mass is 10.1. The van der Waals surface area contributed by atoms with Crippen LogP contribution in [0.1, 0.15) is 31.0 Å². The van der Waals surface area contributed by atoms with Crippen molar-refractivity contribution in [2.45, 2.75) is 26.3 Å². The normalized spacial score (nSPS) is 11.5. The lowest BCUT2D eigenvalue weighted by molar-refractivity contribution is -0.131. The summed E-state index contributed by atoms with van der Waals surface area (Å²) in [5, 5.41) is 2.89. The molecule has 0 radical (unpaired) electrons. The Balaban J connectivity index is 1.85. The van der Waals surface area contributed by atoms with Crippen molar-refractivity contribution in [3.8, 4) is 5.75 Å². The van der Waals surface area contributed by atoms with E-state index in [1.807, 2.05) is 61.5 Å². The molecule has 0 bridgehead atoms. The van der Waals surface area contributed by atoms with Crippen molar-refractivity contribution in [2.24, 2.45) is 0 Å². The molecule has 0 saturated carbocycles. The van der Waals surface area contributed by atoms with Crippen molar-refractivity contribution in [1.82, 2.24) is 10.2 Å². The largest absolute Gasteiger partial charge is 0.497 e. The van der Waals surface area contributed by atoms with Crippen LogP contribution < -0.4 is 10.1 Å². The molecule has 5 nitrogen and oxygen atoms in total. The molecule has 2 rings (SSSR count). The molecule has 2 aromatic rings. The van der Waals surface area contributed by atoms with Crippen molar-refractivity contribution in [2.75, 3.05) is 20.2 Å². The topological polar surface area (TPSA) is 58.6 Å². The van der Waals surface area contributed by atoms with Crippen molar-refractivity contribution in [1.29, 1.82) is 0 Å². The average molecular weight is 354 g/mol. The molecule has 0 saturated heterocycles. The van der Waals surface area contributed by atoms with Crippen molar-refractivity contribution >= 4 is 11.8 Å². The molecule has 138 valence electrons. The van der Waals surface area contributed by atoms with E-state index in [1.165, 1.54) is 0 Å². The number of benzene rings is 2.